The smallest absolute Gasteiger partial charge is 0.211 e. The van der Waals surface area contributed by atoms with Crippen LogP contribution in [0.15, 0.2) is 27.7 Å². The summed E-state index contributed by atoms with van der Waals surface area (Å²) in [5.74, 6) is 0.944. The molecule has 29 heavy (non-hydrogen) atoms. The van der Waals surface area contributed by atoms with Gasteiger partial charge >= 0.3 is 0 Å². The molecule has 2 aromatic rings. The number of carbonyl (C=O) groups is 1. The number of furan rings is 1. The van der Waals surface area contributed by atoms with Crippen LogP contribution in [0.3, 0.4) is 0 Å². The van der Waals surface area contributed by atoms with Gasteiger partial charge in [0.05, 0.1) is 0 Å². The number of pyridine rings is 1. The van der Waals surface area contributed by atoms with Crippen molar-refractivity contribution in [2.24, 2.45) is 16.3 Å². The SMILES string of the molecule is CC(C)C(=O)c1c(N2CCCC(C)(C)C2)oc(C=C2C=Nc3ncccc32)c1O. The Kier molecular flexibility index (Phi) is 4.81. The number of piperidine rings is 1. The maximum atomic E-state index is 12.9. The third kappa shape index (κ3) is 3.59. The van der Waals surface area contributed by atoms with Crippen molar-refractivity contribution in [3.63, 3.8) is 0 Å². The van der Waals surface area contributed by atoms with E-state index in [0.29, 0.717) is 11.7 Å². The summed E-state index contributed by atoms with van der Waals surface area (Å²) in [6.07, 6.45) is 7.28. The lowest BCUT2D eigenvalue weighted by Crippen LogP contribution is -2.40. The van der Waals surface area contributed by atoms with E-state index in [9.17, 15) is 9.90 Å². The molecule has 2 aliphatic heterocycles. The Bertz CT molecular complexity index is 1010. The van der Waals surface area contributed by atoms with E-state index in [1.54, 1.807) is 18.5 Å². The number of fused-ring (bicyclic) bond motifs is 1. The molecule has 0 saturated carbocycles. The number of ketones is 1. The first kappa shape index (κ1) is 19.4. The van der Waals surface area contributed by atoms with E-state index in [4.69, 9.17) is 4.42 Å². The van der Waals surface area contributed by atoms with Gasteiger partial charge in [-0.2, -0.15) is 0 Å². The Balaban J connectivity index is 1.80. The van der Waals surface area contributed by atoms with E-state index in [0.717, 1.165) is 37.1 Å². The molecule has 0 atom stereocenters. The summed E-state index contributed by atoms with van der Waals surface area (Å²) in [7, 11) is 0. The zero-order chi connectivity index (χ0) is 20.8. The number of Topliss-reactive ketones (excluding diaryl/α,β-unsaturated/α-hetero) is 1. The highest BCUT2D eigenvalue weighted by Gasteiger charge is 2.34. The van der Waals surface area contributed by atoms with Gasteiger partial charge in [0.25, 0.3) is 0 Å². The Labute approximate surface area is 171 Å². The van der Waals surface area contributed by atoms with Crippen LogP contribution in [0.2, 0.25) is 0 Å². The predicted molar refractivity (Wildman–Crippen MR) is 115 cm³/mol. The summed E-state index contributed by atoms with van der Waals surface area (Å²) in [4.78, 5) is 23.6. The number of aromatic hydroxyl groups is 1. The van der Waals surface area contributed by atoms with Crippen molar-refractivity contribution in [1.82, 2.24) is 4.98 Å². The molecule has 2 aromatic heterocycles. The molecule has 0 aliphatic carbocycles. The molecule has 0 unspecified atom stereocenters. The summed E-state index contributed by atoms with van der Waals surface area (Å²) >= 11 is 0. The number of anilines is 1. The van der Waals surface area contributed by atoms with Crippen LogP contribution in [-0.2, 0) is 0 Å². The van der Waals surface area contributed by atoms with Crippen molar-refractivity contribution in [2.45, 2.75) is 40.5 Å². The minimum Gasteiger partial charge on any atom is -0.504 e. The van der Waals surface area contributed by atoms with Crippen LogP contribution < -0.4 is 4.90 Å². The van der Waals surface area contributed by atoms with Gasteiger partial charge in [0.2, 0.25) is 5.88 Å². The Hall–Kier alpha value is -2.89. The fourth-order valence-electron chi connectivity index (χ4n) is 4.04. The third-order valence-electron chi connectivity index (χ3n) is 5.56. The lowest BCUT2D eigenvalue weighted by Gasteiger charge is -2.38. The molecular formula is C23H27N3O3. The molecule has 4 heterocycles. The number of aliphatic imine (C=N–C) groups is 1. The van der Waals surface area contributed by atoms with Crippen molar-refractivity contribution in [3.05, 3.63) is 35.2 Å². The molecule has 1 saturated heterocycles. The molecule has 6 nitrogen and oxygen atoms in total. The average molecular weight is 393 g/mol. The monoisotopic (exact) mass is 393 g/mol. The molecule has 6 heteroatoms. The van der Waals surface area contributed by atoms with Gasteiger partial charge in [0, 0.05) is 42.6 Å². The lowest BCUT2D eigenvalue weighted by atomic mass is 9.84. The van der Waals surface area contributed by atoms with Crippen LogP contribution in [0.4, 0.5) is 11.7 Å². The van der Waals surface area contributed by atoms with Gasteiger partial charge in [-0.15, -0.1) is 0 Å². The molecule has 1 N–H and O–H groups in total. The maximum Gasteiger partial charge on any atom is 0.211 e. The lowest BCUT2D eigenvalue weighted by molar-refractivity contribution is 0.0936. The van der Waals surface area contributed by atoms with Gasteiger partial charge in [-0.1, -0.05) is 27.7 Å². The second-order valence-corrected chi connectivity index (χ2v) is 8.94. The normalized spacial score (nSPS) is 19.2. The summed E-state index contributed by atoms with van der Waals surface area (Å²) in [6, 6.07) is 3.77. The average Bonchev–Trinajstić information content (AvgIpc) is 3.22. The molecule has 0 bridgehead atoms. The van der Waals surface area contributed by atoms with Crippen molar-refractivity contribution in [1.29, 1.82) is 0 Å². The Morgan fingerprint density at radius 1 is 1.38 bits per heavy atom. The number of rotatable bonds is 4. The minimum absolute atomic E-state index is 0.0969. The van der Waals surface area contributed by atoms with Gasteiger partial charge < -0.3 is 14.4 Å². The Morgan fingerprint density at radius 3 is 2.90 bits per heavy atom. The van der Waals surface area contributed by atoms with Gasteiger partial charge in [-0.05, 0) is 36.5 Å². The number of hydrogen-bond donors (Lipinski definition) is 1. The van der Waals surface area contributed by atoms with Crippen LogP contribution in [0.1, 0.15) is 62.2 Å². The van der Waals surface area contributed by atoms with E-state index in [1.807, 2.05) is 26.0 Å². The number of hydrogen-bond acceptors (Lipinski definition) is 6. The molecule has 1 fully saturated rings. The number of nitrogens with zero attached hydrogens (tertiary/aromatic N) is 3. The van der Waals surface area contributed by atoms with E-state index in [-0.39, 0.29) is 34.2 Å². The van der Waals surface area contributed by atoms with Crippen molar-refractivity contribution < 1.29 is 14.3 Å². The Morgan fingerprint density at radius 2 is 2.17 bits per heavy atom. The highest BCUT2D eigenvalue weighted by molar-refractivity contribution is 6.21. The molecule has 0 amide bonds. The summed E-state index contributed by atoms with van der Waals surface area (Å²) in [5, 5.41) is 11.0. The first-order chi connectivity index (χ1) is 13.8. The third-order valence-corrected chi connectivity index (χ3v) is 5.56. The topological polar surface area (TPSA) is 78.9 Å². The summed E-state index contributed by atoms with van der Waals surface area (Å²) < 4.78 is 6.12. The maximum absolute atomic E-state index is 12.9. The molecule has 2 aliphatic rings. The van der Waals surface area contributed by atoms with E-state index in [1.165, 1.54) is 0 Å². The summed E-state index contributed by atoms with van der Waals surface area (Å²) in [5.41, 5.74) is 2.08. The fraction of sp³-hybridized carbons (Fsp3) is 0.435. The highest BCUT2D eigenvalue weighted by Crippen LogP contribution is 2.42. The molecular weight excluding hydrogens is 366 g/mol. The largest absolute Gasteiger partial charge is 0.504 e. The van der Waals surface area contributed by atoms with E-state index >= 15 is 0 Å². The second-order valence-electron chi connectivity index (χ2n) is 8.94. The van der Waals surface area contributed by atoms with Gasteiger partial charge in [-0.25, -0.2) is 9.98 Å². The highest BCUT2D eigenvalue weighted by atomic mass is 16.4. The van der Waals surface area contributed by atoms with Crippen molar-refractivity contribution in [3.8, 4) is 5.75 Å². The van der Waals surface area contributed by atoms with Gasteiger partial charge in [-0.3, -0.25) is 4.79 Å². The van der Waals surface area contributed by atoms with Gasteiger partial charge in [0.1, 0.15) is 5.56 Å². The molecule has 4 rings (SSSR count). The molecule has 0 radical (unpaired) electrons. The first-order valence-electron chi connectivity index (χ1n) is 10.1. The van der Waals surface area contributed by atoms with Gasteiger partial charge in [0.15, 0.2) is 23.1 Å². The van der Waals surface area contributed by atoms with Crippen LogP contribution in [-0.4, -0.2) is 35.2 Å². The van der Waals surface area contributed by atoms with E-state index < -0.39 is 0 Å². The standard InChI is InChI=1S/C23H27N3O3/c1-14(2)19(27)18-20(28)17(11-15-12-25-21-16(15)7-5-9-24-21)29-22(18)26-10-6-8-23(3,4)13-26/h5,7,9,11-12,14,28H,6,8,10,13H2,1-4H3. The van der Waals surface area contributed by atoms with E-state index in [2.05, 4.69) is 28.7 Å². The number of carbonyl (C=O) groups excluding carboxylic acids is 1. The predicted octanol–water partition coefficient (Wildman–Crippen LogP) is 5.10. The summed E-state index contributed by atoms with van der Waals surface area (Å²) in [6.45, 7) is 9.69. The minimum atomic E-state index is -0.242. The first-order valence-corrected chi connectivity index (χ1v) is 10.1. The van der Waals surface area contributed by atoms with Crippen molar-refractivity contribution in [2.75, 3.05) is 18.0 Å². The zero-order valence-electron chi connectivity index (χ0n) is 17.4. The number of allylic oxidation sites excluding steroid dienone is 1. The second kappa shape index (κ2) is 7.17. The molecule has 0 spiro atoms. The van der Waals surface area contributed by atoms with Crippen LogP contribution >= 0.6 is 0 Å². The van der Waals surface area contributed by atoms with Crippen LogP contribution in [0.25, 0.3) is 11.6 Å². The fourth-order valence-corrected chi connectivity index (χ4v) is 4.04. The van der Waals surface area contributed by atoms with Crippen LogP contribution in [0, 0.1) is 11.3 Å². The number of aromatic nitrogens is 1. The van der Waals surface area contributed by atoms with Crippen molar-refractivity contribution >= 4 is 35.3 Å². The zero-order valence-corrected chi connectivity index (χ0v) is 17.4. The quantitative estimate of drug-likeness (QED) is 0.731. The molecule has 152 valence electrons. The molecule has 0 aromatic carbocycles. The van der Waals surface area contributed by atoms with Crippen LogP contribution in [0.5, 0.6) is 5.75 Å².